The molecule has 2 N–H and O–H groups in total. The van der Waals surface area contributed by atoms with E-state index in [1.54, 1.807) is 19.9 Å². The number of anilines is 1. The van der Waals surface area contributed by atoms with Crippen LogP contribution in [0.25, 0.3) is 0 Å². The molecule has 3 rings (SSSR count). The maximum Gasteiger partial charge on any atom is 0.523 e. The van der Waals surface area contributed by atoms with Crippen LogP contribution in [-0.2, 0) is 22.5 Å². The zero-order valence-corrected chi connectivity index (χ0v) is 20.5. The average molecular weight is 534 g/mol. The molecule has 1 aliphatic carbocycles. The van der Waals surface area contributed by atoms with Crippen LogP contribution < -0.4 is 10.6 Å². The van der Waals surface area contributed by atoms with Gasteiger partial charge >= 0.3 is 6.36 Å². The van der Waals surface area contributed by atoms with E-state index in [0.29, 0.717) is 18.0 Å². The molecule has 2 heterocycles. The summed E-state index contributed by atoms with van der Waals surface area (Å²) in [5, 5.41) is 21.3. The lowest BCUT2D eigenvalue weighted by atomic mass is 9.80. The average Bonchev–Trinajstić information content (AvgIpc) is 3.44. The van der Waals surface area contributed by atoms with Crippen LogP contribution in [0, 0.1) is 11.8 Å². The zero-order chi connectivity index (χ0) is 26.3. The smallest absolute Gasteiger partial charge is 0.351 e. The number of nitrogens with one attached hydrogen (secondary N) is 2. The van der Waals surface area contributed by atoms with E-state index in [1.165, 1.54) is 17.0 Å². The number of hydrogen-bond donors (Lipinski definition) is 2. The molecule has 2 aromatic heterocycles. The van der Waals surface area contributed by atoms with Crippen LogP contribution in [-0.4, -0.2) is 62.2 Å². The minimum absolute atomic E-state index is 0.000857. The van der Waals surface area contributed by atoms with E-state index in [9.17, 15) is 27.2 Å². The normalized spacial score (nSPS) is 20.8. The molecule has 0 radical (unpaired) electrons. The van der Waals surface area contributed by atoms with Gasteiger partial charge in [0.1, 0.15) is 11.2 Å². The molecule has 0 spiro atoms. The van der Waals surface area contributed by atoms with Gasteiger partial charge in [-0.05, 0) is 31.6 Å². The summed E-state index contributed by atoms with van der Waals surface area (Å²) < 4.78 is 57.5. The highest BCUT2D eigenvalue weighted by molar-refractivity contribution is 7.15. The Kier molecular flexibility index (Phi) is 9.48. The second-order valence-electron chi connectivity index (χ2n) is 8.39. The van der Waals surface area contributed by atoms with Gasteiger partial charge in [-0.25, -0.2) is 9.07 Å². The van der Waals surface area contributed by atoms with Crippen molar-refractivity contribution < 1.29 is 31.9 Å². The van der Waals surface area contributed by atoms with Gasteiger partial charge in [0.2, 0.25) is 11.0 Å². The van der Waals surface area contributed by atoms with E-state index in [2.05, 4.69) is 35.9 Å². The van der Waals surface area contributed by atoms with E-state index in [1.807, 2.05) is 0 Å². The highest BCUT2D eigenvalue weighted by atomic mass is 32.1. The zero-order valence-electron chi connectivity index (χ0n) is 19.7. The first kappa shape index (κ1) is 27.6. The van der Waals surface area contributed by atoms with E-state index in [4.69, 9.17) is 0 Å². The Balaban J connectivity index is 1.43. The number of allylic oxidation sites excluding steroid dienone is 1. The molecule has 1 aliphatic rings. The molecule has 198 valence electrons. The largest absolute Gasteiger partial charge is 0.523 e. The fourth-order valence-electron chi connectivity index (χ4n) is 3.75. The van der Waals surface area contributed by atoms with Gasteiger partial charge in [-0.2, -0.15) is 0 Å². The maximum atomic E-state index is 14.4. The number of aromatic nitrogens is 5. The number of carbonyl (C=O) groups is 2. The van der Waals surface area contributed by atoms with E-state index < -0.39 is 30.5 Å². The monoisotopic (exact) mass is 533 g/mol. The van der Waals surface area contributed by atoms with Crippen LogP contribution in [0.15, 0.2) is 18.3 Å². The van der Waals surface area contributed by atoms with Crippen LogP contribution in [0.1, 0.15) is 48.6 Å². The second-order valence-corrected chi connectivity index (χ2v) is 9.45. The number of alkyl halides is 4. The first-order valence-electron chi connectivity index (χ1n) is 11.4. The number of ether oxygens (including phenoxy) is 1. The first-order valence-corrected chi connectivity index (χ1v) is 12.2. The highest BCUT2D eigenvalue weighted by Crippen LogP contribution is 2.34. The number of hydrogen-bond acceptors (Lipinski definition) is 8. The number of amides is 2. The molecule has 2 aromatic rings. The molecule has 0 aromatic carbocycles. The predicted octanol–water partition coefficient (Wildman–Crippen LogP) is 3.30. The minimum atomic E-state index is -4.75. The van der Waals surface area contributed by atoms with Crippen molar-refractivity contribution in [1.29, 1.82) is 0 Å². The summed E-state index contributed by atoms with van der Waals surface area (Å²) in [6.45, 7) is 3.75. The Labute approximate surface area is 208 Å². The summed E-state index contributed by atoms with van der Waals surface area (Å²) in [4.78, 5) is 24.1. The van der Waals surface area contributed by atoms with Crippen molar-refractivity contribution in [3.05, 3.63) is 29.1 Å². The van der Waals surface area contributed by atoms with Gasteiger partial charge in [-0.15, -0.1) is 28.5 Å². The van der Waals surface area contributed by atoms with Crippen LogP contribution in [0.5, 0.6) is 0 Å². The lowest BCUT2D eigenvalue weighted by molar-refractivity contribution is -0.342. The molecular formula is C21H27F4N7O3S. The molecule has 0 aliphatic heterocycles. The SMILES string of the molecule is CCNC(=O)c1cn(CC(F)CCc2nnc(NC(=O)CC3CC=CC(OC(F)(F)F)C3C)s2)nn1. The van der Waals surface area contributed by atoms with Crippen molar-refractivity contribution in [2.75, 3.05) is 11.9 Å². The molecule has 4 unspecified atom stereocenters. The molecule has 0 fully saturated rings. The number of aryl methyl sites for hydroxylation is 1. The Morgan fingerprint density at radius 2 is 2.08 bits per heavy atom. The molecule has 0 bridgehead atoms. The van der Waals surface area contributed by atoms with Crippen molar-refractivity contribution in [2.45, 2.75) is 64.7 Å². The lowest BCUT2D eigenvalue weighted by Crippen LogP contribution is -2.35. The fraction of sp³-hybridized carbons (Fsp3) is 0.619. The fourth-order valence-corrected chi connectivity index (χ4v) is 4.52. The van der Waals surface area contributed by atoms with Gasteiger partial charge in [0.25, 0.3) is 5.91 Å². The summed E-state index contributed by atoms with van der Waals surface area (Å²) in [6, 6.07) is 0. The molecule has 0 saturated carbocycles. The summed E-state index contributed by atoms with van der Waals surface area (Å²) in [5.41, 5.74) is 0.107. The molecule has 4 atom stereocenters. The van der Waals surface area contributed by atoms with E-state index in [0.717, 1.165) is 11.3 Å². The van der Waals surface area contributed by atoms with Crippen molar-refractivity contribution in [3.8, 4) is 0 Å². The topological polar surface area (TPSA) is 124 Å². The Hall–Kier alpha value is -2.94. The summed E-state index contributed by atoms with van der Waals surface area (Å²) in [5.74, 6) is -1.61. The van der Waals surface area contributed by atoms with E-state index >= 15 is 0 Å². The lowest BCUT2D eigenvalue weighted by Gasteiger charge is -2.32. The molecule has 2 amide bonds. The van der Waals surface area contributed by atoms with Crippen molar-refractivity contribution in [3.63, 3.8) is 0 Å². The van der Waals surface area contributed by atoms with Gasteiger partial charge in [0, 0.05) is 19.4 Å². The minimum Gasteiger partial charge on any atom is -0.351 e. The predicted molar refractivity (Wildman–Crippen MR) is 122 cm³/mol. The number of carbonyl (C=O) groups excluding carboxylic acids is 2. The molecule has 36 heavy (non-hydrogen) atoms. The van der Waals surface area contributed by atoms with Crippen molar-refractivity contribution >= 4 is 28.3 Å². The number of halogens is 4. The van der Waals surface area contributed by atoms with Gasteiger partial charge in [0.15, 0.2) is 5.69 Å². The van der Waals surface area contributed by atoms with Crippen LogP contribution in [0.4, 0.5) is 22.7 Å². The third kappa shape index (κ3) is 8.33. The van der Waals surface area contributed by atoms with Crippen molar-refractivity contribution in [1.82, 2.24) is 30.5 Å². The van der Waals surface area contributed by atoms with Crippen molar-refractivity contribution in [2.24, 2.45) is 11.8 Å². The Morgan fingerprint density at radius 3 is 2.81 bits per heavy atom. The third-order valence-electron chi connectivity index (χ3n) is 5.62. The molecule has 0 saturated heterocycles. The van der Waals surface area contributed by atoms with E-state index in [-0.39, 0.29) is 48.5 Å². The quantitative estimate of drug-likeness (QED) is 0.336. The maximum absolute atomic E-state index is 14.4. The van der Waals surface area contributed by atoms with Crippen LogP contribution >= 0.6 is 11.3 Å². The van der Waals surface area contributed by atoms with Crippen LogP contribution in [0.3, 0.4) is 0 Å². The molecule has 10 nitrogen and oxygen atoms in total. The summed E-state index contributed by atoms with van der Waals surface area (Å²) in [7, 11) is 0. The standard InChI is InChI=1S/C21H27F4N7O3S/c1-3-26-19(34)15-11-32(31-28-15)10-14(22)7-8-18-29-30-20(36-18)27-17(33)9-13-5-4-6-16(12(13)2)35-21(23,24)25/h4,6,11-14,16H,3,5,7-10H2,1-2H3,(H,26,34)(H,27,30,33). The highest BCUT2D eigenvalue weighted by Gasteiger charge is 2.38. The Bertz CT molecular complexity index is 1060. The van der Waals surface area contributed by atoms with Gasteiger partial charge in [-0.3, -0.25) is 14.3 Å². The van der Waals surface area contributed by atoms with Gasteiger partial charge < -0.3 is 10.6 Å². The second kappa shape index (κ2) is 12.3. The number of rotatable bonds is 11. The van der Waals surface area contributed by atoms with Gasteiger partial charge in [-0.1, -0.05) is 35.6 Å². The third-order valence-corrected chi connectivity index (χ3v) is 6.52. The number of nitrogens with zero attached hydrogens (tertiary/aromatic N) is 5. The first-order chi connectivity index (χ1) is 17.0. The Morgan fingerprint density at radius 1 is 1.31 bits per heavy atom. The molecular weight excluding hydrogens is 506 g/mol. The summed E-state index contributed by atoms with van der Waals surface area (Å²) in [6.07, 6.45) is -1.99. The van der Waals surface area contributed by atoms with Gasteiger partial charge in [0.05, 0.1) is 18.8 Å². The molecule has 15 heteroatoms. The summed E-state index contributed by atoms with van der Waals surface area (Å²) >= 11 is 1.10. The van der Waals surface area contributed by atoms with Crippen LogP contribution in [0.2, 0.25) is 0 Å².